The van der Waals surface area contributed by atoms with Gasteiger partial charge in [0, 0.05) is 6.54 Å². The standard InChI is InChI=1S/C10H15N5S2/c1-3-5-7-8(17-14-11-7)9-12-13-10(16)15(9)6-4-2/h3-6H2,1-2H3,(H,13,16). The molecule has 0 aliphatic heterocycles. The molecule has 2 rings (SSSR count). The minimum Gasteiger partial charge on any atom is -0.299 e. The molecule has 0 amide bonds. The zero-order valence-corrected chi connectivity index (χ0v) is 11.6. The number of nitrogens with zero attached hydrogens (tertiary/aromatic N) is 4. The molecule has 0 aliphatic carbocycles. The van der Waals surface area contributed by atoms with E-state index in [0.29, 0.717) is 4.77 Å². The van der Waals surface area contributed by atoms with Crippen molar-refractivity contribution in [1.29, 1.82) is 0 Å². The zero-order valence-electron chi connectivity index (χ0n) is 9.93. The SMILES string of the molecule is CCCc1nnsc1-c1n[nH]c(=S)n1CCC. The highest BCUT2D eigenvalue weighted by atomic mass is 32.1. The van der Waals surface area contributed by atoms with Crippen LogP contribution in [0.15, 0.2) is 0 Å². The Bertz CT molecular complexity index is 539. The van der Waals surface area contributed by atoms with Gasteiger partial charge in [-0.15, -0.1) is 5.10 Å². The molecule has 0 aromatic carbocycles. The van der Waals surface area contributed by atoms with E-state index < -0.39 is 0 Å². The molecule has 0 unspecified atom stereocenters. The van der Waals surface area contributed by atoms with Crippen molar-refractivity contribution in [3.63, 3.8) is 0 Å². The number of hydrogen-bond acceptors (Lipinski definition) is 5. The van der Waals surface area contributed by atoms with Gasteiger partial charge in [-0.2, -0.15) is 5.10 Å². The molecule has 0 fully saturated rings. The first kappa shape index (κ1) is 12.4. The largest absolute Gasteiger partial charge is 0.299 e. The maximum Gasteiger partial charge on any atom is 0.195 e. The molecule has 5 nitrogen and oxygen atoms in total. The highest BCUT2D eigenvalue weighted by Crippen LogP contribution is 2.25. The summed E-state index contributed by atoms with van der Waals surface area (Å²) in [5, 5.41) is 11.3. The van der Waals surface area contributed by atoms with Crippen molar-refractivity contribution in [3.05, 3.63) is 10.5 Å². The quantitative estimate of drug-likeness (QED) is 0.848. The first-order valence-electron chi connectivity index (χ1n) is 5.74. The van der Waals surface area contributed by atoms with Crippen molar-refractivity contribution in [1.82, 2.24) is 24.4 Å². The summed E-state index contributed by atoms with van der Waals surface area (Å²) in [7, 11) is 0. The summed E-state index contributed by atoms with van der Waals surface area (Å²) in [6.07, 6.45) is 3.01. The fourth-order valence-electron chi connectivity index (χ4n) is 1.70. The Morgan fingerprint density at radius 2 is 2.18 bits per heavy atom. The van der Waals surface area contributed by atoms with E-state index in [1.165, 1.54) is 11.5 Å². The fraction of sp³-hybridized carbons (Fsp3) is 0.600. The van der Waals surface area contributed by atoms with Gasteiger partial charge >= 0.3 is 0 Å². The van der Waals surface area contributed by atoms with Crippen LogP contribution in [-0.2, 0) is 13.0 Å². The Labute approximate surface area is 109 Å². The van der Waals surface area contributed by atoms with E-state index in [4.69, 9.17) is 12.2 Å². The fourth-order valence-corrected chi connectivity index (χ4v) is 2.63. The van der Waals surface area contributed by atoms with Gasteiger partial charge in [-0.3, -0.25) is 9.67 Å². The van der Waals surface area contributed by atoms with Crippen molar-refractivity contribution in [2.45, 2.75) is 39.7 Å². The molecule has 0 atom stereocenters. The van der Waals surface area contributed by atoms with E-state index >= 15 is 0 Å². The third kappa shape index (κ3) is 2.44. The summed E-state index contributed by atoms with van der Waals surface area (Å²) in [6.45, 7) is 5.12. The van der Waals surface area contributed by atoms with Crippen molar-refractivity contribution >= 4 is 23.8 Å². The average Bonchev–Trinajstić information content (AvgIpc) is 2.89. The van der Waals surface area contributed by atoms with E-state index in [-0.39, 0.29) is 0 Å². The Morgan fingerprint density at radius 3 is 2.88 bits per heavy atom. The molecule has 2 aromatic rings. The number of H-pyrrole nitrogens is 1. The Balaban J connectivity index is 2.45. The molecule has 92 valence electrons. The molecular weight excluding hydrogens is 254 g/mol. The van der Waals surface area contributed by atoms with Crippen LogP contribution in [0.1, 0.15) is 32.4 Å². The van der Waals surface area contributed by atoms with Gasteiger partial charge in [-0.25, -0.2) is 0 Å². The second-order valence-electron chi connectivity index (χ2n) is 3.80. The molecule has 0 saturated carbocycles. The van der Waals surface area contributed by atoms with Gasteiger partial charge in [0.25, 0.3) is 0 Å². The predicted molar refractivity (Wildman–Crippen MR) is 70.6 cm³/mol. The van der Waals surface area contributed by atoms with Crippen LogP contribution in [0.5, 0.6) is 0 Å². The number of aromatic nitrogens is 5. The van der Waals surface area contributed by atoms with Crippen molar-refractivity contribution < 1.29 is 0 Å². The second-order valence-corrected chi connectivity index (χ2v) is 4.94. The lowest BCUT2D eigenvalue weighted by molar-refractivity contribution is 0.674. The summed E-state index contributed by atoms with van der Waals surface area (Å²) in [4.78, 5) is 1.03. The lowest BCUT2D eigenvalue weighted by Crippen LogP contribution is -2.00. The molecule has 0 saturated heterocycles. The third-order valence-corrected chi connectivity index (χ3v) is 3.53. The summed E-state index contributed by atoms with van der Waals surface area (Å²) >= 11 is 6.61. The average molecular weight is 269 g/mol. The van der Waals surface area contributed by atoms with Crippen LogP contribution < -0.4 is 0 Å². The van der Waals surface area contributed by atoms with Gasteiger partial charge in [0.15, 0.2) is 10.6 Å². The summed E-state index contributed by atoms with van der Waals surface area (Å²) in [5.74, 6) is 0.871. The van der Waals surface area contributed by atoms with Gasteiger partial charge in [-0.1, -0.05) is 24.8 Å². The number of aromatic amines is 1. The minimum absolute atomic E-state index is 0.665. The summed E-state index contributed by atoms with van der Waals surface area (Å²) < 4.78 is 6.70. The van der Waals surface area contributed by atoms with Crippen LogP contribution in [0.2, 0.25) is 0 Å². The lowest BCUT2D eigenvalue weighted by Gasteiger charge is -2.03. The monoisotopic (exact) mass is 269 g/mol. The van der Waals surface area contributed by atoms with Crippen LogP contribution in [-0.4, -0.2) is 24.4 Å². The number of nitrogens with one attached hydrogen (secondary N) is 1. The Kier molecular flexibility index (Phi) is 4.01. The second kappa shape index (κ2) is 5.50. The topological polar surface area (TPSA) is 59.4 Å². The van der Waals surface area contributed by atoms with E-state index in [9.17, 15) is 0 Å². The first-order valence-corrected chi connectivity index (χ1v) is 6.92. The van der Waals surface area contributed by atoms with Gasteiger partial charge in [0.05, 0.1) is 5.69 Å². The molecule has 2 aromatic heterocycles. The van der Waals surface area contributed by atoms with Crippen LogP contribution in [0, 0.1) is 4.77 Å². The van der Waals surface area contributed by atoms with Crippen molar-refractivity contribution in [2.24, 2.45) is 0 Å². The maximum absolute atomic E-state index is 5.23. The van der Waals surface area contributed by atoms with Crippen molar-refractivity contribution in [3.8, 4) is 10.7 Å². The molecule has 17 heavy (non-hydrogen) atoms. The van der Waals surface area contributed by atoms with Gasteiger partial charge < -0.3 is 0 Å². The third-order valence-electron chi connectivity index (χ3n) is 2.45. The summed E-state index contributed by atoms with van der Waals surface area (Å²) in [6, 6.07) is 0. The Hall–Kier alpha value is -1.08. The first-order chi connectivity index (χ1) is 8.27. The zero-order chi connectivity index (χ0) is 12.3. The minimum atomic E-state index is 0.665. The predicted octanol–water partition coefficient (Wildman–Crippen LogP) is 2.82. The molecular formula is C10H15N5S2. The molecule has 2 heterocycles. The highest BCUT2D eigenvalue weighted by Gasteiger charge is 2.15. The van der Waals surface area contributed by atoms with Crippen LogP contribution in [0.25, 0.3) is 10.7 Å². The number of aryl methyl sites for hydroxylation is 1. The molecule has 0 radical (unpaired) electrons. The Morgan fingerprint density at radius 1 is 1.35 bits per heavy atom. The molecule has 0 bridgehead atoms. The van der Waals surface area contributed by atoms with E-state index in [2.05, 4.69) is 33.6 Å². The normalized spacial score (nSPS) is 10.9. The summed E-state index contributed by atoms with van der Waals surface area (Å²) in [5.41, 5.74) is 1.02. The molecule has 0 aliphatic rings. The van der Waals surface area contributed by atoms with Crippen molar-refractivity contribution in [2.75, 3.05) is 0 Å². The van der Waals surface area contributed by atoms with Gasteiger partial charge in [0.1, 0.15) is 4.88 Å². The maximum atomic E-state index is 5.23. The smallest absolute Gasteiger partial charge is 0.195 e. The van der Waals surface area contributed by atoms with E-state index in [1.54, 1.807) is 0 Å². The highest BCUT2D eigenvalue weighted by molar-refractivity contribution is 7.71. The van der Waals surface area contributed by atoms with Gasteiger partial charge in [-0.05, 0) is 36.6 Å². The number of rotatable bonds is 5. The van der Waals surface area contributed by atoms with Crippen LogP contribution >= 0.6 is 23.8 Å². The van der Waals surface area contributed by atoms with E-state index in [0.717, 1.165) is 42.2 Å². The molecule has 1 N–H and O–H groups in total. The van der Waals surface area contributed by atoms with Gasteiger partial charge in [0.2, 0.25) is 0 Å². The van der Waals surface area contributed by atoms with Crippen LogP contribution in [0.4, 0.5) is 0 Å². The van der Waals surface area contributed by atoms with E-state index in [1.807, 2.05) is 4.57 Å². The molecule has 0 spiro atoms. The molecule has 7 heteroatoms. The number of hydrogen-bond donors (Lipinski definition) is 1. The lowest BCUT2D eigenvalue weighted by atomic mass is 10.2. The van der Waals surface area contributed by atoms with Crippen LogP contribution in [0.3, 0.4) is 0 Å².